The molecule has 0 saturated heterocycles. The molecule has 4 heteroatoms. The van der Waals surface area contributed by atoms with Gasteiger partial charge in [0, 0.05) is 22.3 Å². The average Bonchev–Trinajstić information content (AvgIpc) is 2.31. The van der Waals surface area contributed by atoms with Crippen molar-refractivity contribution in [3.63, 3.8) is 0 Å². The van der Waals surface area contributed by atoms with Crippen LogP contribution >= 0.6 is 27.7 Å². The van der Waals surface area contributed by atoms with E-state index in [-0.39, 0.29) is 12.1 Å². The summed E-state index contributed by atoms with van der Waals surface area (Å²) < 4.78 is 1.13. The number of hydrogen-bond donors (Lipinski definition) is 1. The molecular weight excluding hydrogens is 308 g/mol. The van der Waals surface area contributed by atoms with Crippen LogP contribution in [0.15, 0.2) is 28.7 Å². The van der Waals surface area contributed by atoms with Crippen LogP contribution in [0.2, 0.25) is 0 Å². The Hall–Kier alpha value is -0.0300. The fraction of sp³-hybridized carbons (Fsp3) is 0.571. The predicted octanol–water partition coefficient (Wildman–Crippen LogP) is 3.52. The van der Waals surface area contributed by atoms with Crippen LogP contribution in [0.3, 0.4) is 0 Å². The highest BCUT2D eigenvalue weighted by atomic mass is 79.9. The highest BCUT2D eigenvalue weighted by molar-refractivity contribution is 9.10. The molecule has 0 amide bonds. The number of rotatable bonds is 6. The third kappa shape index (κ3) is 3.98. The molecule has 1 aromatic carbocycles. The minimum absolute atomic E-state index is 0.0954. The van der Waals surface area contributed by atoms with Gasteiger partial charge in [-0.2, -0.15) is 11.8 Å². The standard InChI is InChI=1S/C14H23BrN2S/c1-10(9-18-4)17(3)14(11(2)16)12-7-5-6-8-13(12)15/h5-8,10-11,14H,9,16H2,1-4H3. The maximum Gasteiger partial charge on any atom is 0.0507 e. The SMILES string of the molecule is CSCC(C)N(C)C(c1ccccc1Br)C(C)N. The molecule has 18 heavy (non-hydrogen) atoms. The Morgan fingerprint density at radius 1 is 1.33 bits per heavy atom. The molecule has 0 aliphatic carbocycles. The van der Waals surface area contributed by atoms with E-state index in [1.165, 1.54) is 5.56 Å². The summed E-state index contributed by atoms with van der Waals surface area (Å²) in [6.07, 6.45) is 2.14. The highest BCUT2D eigenvalue weighted by Crippen LogP contribution is 2.30. The van der Waals surface area contributed by atoms with Gasteiger partial charge in [-0.3, -0.25) is 4.90 Å². The van der Waals surface area contributed by atoms with E-state index in [1.54, 1.807) is 0 Å². The van der Waals surface area contributed by atoms with Crippen molar-refractivity contribution in [3.05, 3.63) is 34.3 Å². The van der Waals surface area contributed by atoms with E-state index in [4.69, 9.17) is 5.73 Å². The van der Waals surface area contributed by atoms with Gasteiger partial charge < -0.3 is 5.73 Å². The molecule has 3 unspecified atom stereocenters. The number of likely N-dealkylation sites (N-methyl/N-ethyl adjacent to an activating group) is 1. The number of nitrogens with two attached hydrogens (primary N) is 1. The van der Waals surface area contributed by atoms with Gasteiger partial charge in [0.15, 0.2) is 0 Å². The zero-order valence-electron chi connectivity index (χ0n) is 11.6. The van der Waals surface area contributed by atoms with E-state index in [2.05, 4.69) is 66.2 Å². The summed E-state index contributed by atoms with van der Waals surface area (Å²) in [6, 6.07) is 9.18. The molecule has 0 aliphatic rings. The number of nitrogens with zero attached hydrogens (tertiary/aromatic N) is 1. The zero-order chi connectivity index (χ0) is 13.7. The Morgan fingerprint density at radius 3 is 2.44 bits per heavy atom. The Balaban J connectivity index is 3.00. The van der Waals surface area contributed by atoms with Crippen LogP contribution in [-0.2, 0) is 0 Å². The fourth-order valence-electron chi connectivity index (χ4n) is 2.22. The third-order valence-electron chi connectivity index (χ3n) is 3.26. The summed E-state index contributed by atoms with van der Waals surface area (Å²) in [6.45, 7) is 4.33. The maximum atomic E-state index is 6.20. The summed E-state index contributed by atoms with van der Waals surface area (Å²) in [4.78, 5) is 2.38. The first-order chi connectivity index (χ1) is 8.49. The van der Waals surface area contributed by atoms with Gasteiger partial charge in [-0.1, -0.05) is 34.1 Å². The monoisotopic (exact) mass is 330 g/mol. The second-order valence-corrected chi connectivity index (χ2v) is 6.56. The second kappa shape index (κ2) is 7.53. The van der Waals surface area contributed by atoms with Crippen molar-refractivity contribution in [1.82, 2.24) is 4.90 Å². The van der Waals surface area contributed by atoms with Gasteiger partial charge in [0.1, 0.15) is 0 Å². The predicted molar refractivity (Wildman–Crippen MR) is 86.1 cm³/mol. The lowest BCUT2D eigenvalue weighted by molar-refractivity contribution is 0.178. The number of thioether (sulfide) groups is 1. The smallest absolute Gasteiger partial charge is 0.0507 e. The fourth-order valence-corrected chi connectivity index (χ4v) is 3.46. The molecule has 2 nitrogen and oxygen atoms in total. The van der Waals surface area contributed by atoms with Gasteiger partial charge in [-0.05, 0) is 38.8 Å². The van der Waals surface area contributed by atoms with Crippen molar-refractivity contribution >= 4 is 27.7 Å². The van der Waals surface area contributed by atoms with E-state index in [0.29, 0.717) is 6.04 Å². The highest BCUT2D eigenvalue weighted by Gasteiger charge is 2.25. The minimum Gasteiger partial charge on any atom is -0.326 e. The molecule has 0 aromatic heterocycles. The average molecular weight is 331 g/mol. The zero-order valence-corrected chi connectivity index (χ0v) is 14.0. The molecule has 0 heterocycles. The van der Waals surface area contributed by atoms with Crippen LogP contribution in [-0.4, -0.2) is 36.0 Å². The van der Waals surface area contributed by atoms with E-state index in [1.807, 2.05) is 17.8 Å². The molecule has 3 atom stereocenters. The summed E-state index contributed by atoms with van der Waals surface area (Å²) >= 11 is 5.51. The van der Waals surface area contributed by atoms with E-state index in [9.17, 15) is 0 Å². The van der Waals surface area contributed by atoms with Gasteiger partial charge in [0.2, 0.25) is 0 Å². The first-order valence-corrected chi connectivity index (χ1v) is 8.38. The first-order valence-electron chi connectivity index (χ1n) is 6.20. The van der Waals surface area contributed by atoms with Crippen LogP contribution in [0.1, 0.15) is 25.5 Å². The molecule has 1 rings (SSSR count). The normalized spacial score (nSPS) is 16.6. The quantitative estimate of drug-likeness (QED) is 0.865. The topological polar surface area (TPSA) is 29.3 Å². The van der Waals surface area contributed by atoms with Gasteiger partial charge in [-0.15, -0.1) is 0 Å². The Bertz CT molecular complexity index is 371. The molecule has 0 spiro atoms. The molecule has 0 fully saturated rings. The van der Waals surface area contributed by atoms with Crippen molar-refractivity contribution in [2.45, 2.75) is 32.0 Å². The number of hydrogen-bond acceptors (Lipinski definition) is 3. The van der Waals surface area contributed by atoms with E-state index >= 15 is 0 Å². The lowest BCUT2D eigenvalue weighted by Gasteiger charge is -2.36. The van der Waals surface area contributed by atoms with Crippen LogP contribution in [0.25, 0.3) is 0 Å². The molecule has 2 N–H and O–H groups in total. The molecule has 0 bridgehead atoms. The summed E-state index contributed by atoms with van der Waals surface area (Å²) in [5, 5.41) is 0. The Kier molecular flexibility index (Phi) is 6.71. The van der Waals surface area contributed by atoms with Gasteiger partial charge >= 0.3 is 0 Å². The number of halogens is 1. The second-order valence-electron chi connectivity index (χ2n) is 4.80. The van der Waals surface area contributed by atoms with Gasteiger partial charge in [0.25, 0.3) is 0 Å². The maximum absolute atomic E-state index is 6.20. The van der Waals surface area contributed by atoms with Crippen LogP contribution in [0.5, 0.6) is 0 Å². The molecule has 0 saturated carbocycles. The van der Waals surface area contributed by atoms with Crippen LogP contribution < -0.4 is 5.73 Å². The Morgan fingerprint density at radius 2 is 1.94 bits per heavy atom. The lowest BCUT2D eigenvalue weighted by atomic mass is 9.98. The van der Waals surface area contributed by atoms with Gasteiger partial charge in [0.05, 0.1) is 6.04 Å². The van der Waals surface area contributed by atoms with Crippen LogP contribution in [0.4, 0.5) is 0 Å². The van der Waals surface area contributed by atoms with Crippen molar-refractivity contribution in [2.75, 3.05) is 19.1 Å². The molecule has 1 aromatic rings. The van der Waals surface area contributed by atoms with E-state index < -0.39 is 0 Å². The molecule has 0 aliphatic heterocycles. The lowest BCUT2D eigenvalue weighted by Crippen LogP contribution is -2.42. The van der Waals surface area contributed by atoms with Gasteiger partial charge in [-0.25, -0.2) is 0 Å². The summed E-state index contributed by atoms with van der Waals surface area (Å²) in [5.74, 6) is 1.12. The first kappa shape index (κ1) is 16.0. The third-order valence-corrected chi connectivity index (χ3v) is 4.80. The van der Waals surface area contributed by atoms with Crippen molar-refractivity contribution < 1.29 is 0 Å². The number of benzene rings is 1. The van der Waals surface area contributed by atoms with Crippen LogP contribution in [0, 0.1) is 0 Å². The Labute approximate surface area is 123 Å². The molecule has 102 valence electrons. The summed E-state index contributed by atoms with van der Waals surface area (Å²) in [7, 11) is 2.16. The molecular formula is C14H23BrN2S. The van der Waals surface area contributed by atoms with Crippen molar-refractivity contribution in [1.29, 1.82) is 0 Å². The molecule has 0 radical (unpaired) electrons. The van der Waals surface area contributed by atoms with Crippen molar-refractivity contribution in [2.24, 2.45) is 5.73 Å². The van der Waals surface area contributed by atoms with E-state index in [0.717, 1.165) is 10.2 Å². The minimum atomic E-state index is 0.0954. The largest absolute Gasteiger partial charge is 0.326 e. The van der Waals surface area contributed by atoms with Crippen molar-refractivity contribution in [3.8, 4) is 0 Å². The summed E-state index contributed by atoms with van der Waals surface area (Å²) in [5.41, 5.74) is 7.47.